The molecule has 0 aliphatic carbocycles. The van der Waals surface area contributed by atoms with Crippen LogP contribution in [0.15, 0.2) is 12.2 Å². The van der Waals surface area contributed by atoms with E-state index < -0.39 is 8.32 Å². The highest BCUT2D eigenvalue weighted by atomic mass is 28.4. The van der Waals surface area contributed by atoms with Crippen LogP contribution >= 0.6 is 0 Å². The predicted molar refractivity (Wildman–Crippen MR) is 87.3 cm³/mol. The van der Waals surface area contributed by atoms with Crippen LogP contribution in [0.3, 0.4) is 0 Å². The molecule has 4 heteroatoms. The van der Waals surface area contributed by atoms with Crippen LogP contribution in [0.5, 0.6) is 0 Å². The van der Waals surface area contributed by atoms with Crippen LogP contribution in [0.2, 0.25) is 18.1 Å². The van der Waals surface area contributed by atoms with Crippen LogP contribution in [0.1, 0.15) is 41.0 Å². The van der Waals surface area contributed by atoms with Crippen molar-refractivity contribution in [2.75, 3.05) is 13.7 Å². The van der Waals surface area contributed by atoms with E-state index in [4.69, 9.17) is 4.43 Å². The van der Waals surface area contributed by atoms with Gasteiger partial charge in [-0.2, -0.15) is 0 Å². The zero-order valence-corrected chi connectivity index (χ0v) is 15.4. The fourth-order valence-corrected chi connectivity index (χ4v) is 2.53. The lowest BCUT2D eigenvalue weighted by Gasteiger charge is -2.36. The van der Waals surface area contributed by atoms with Crippen molar-refractivity contribution in [3.8, 4) is 0 Å². The van der Waals surface area contributed by atoms with Crippen molar-refractivity contribution < 1.29 is 14.0 Å². The lowest BCUT2D eigenvalue weighted by atomic mass is 9.93. The molecule has 0 aliphatic heterocycles. The first-order valence-electron chi connectivity index (χ1n) is 7.41. The minimum Gasteiger partial charge on any atom is -0.466 e. The molecule has 0 amide bonds. The Hall–Kier alpha value is -0.613. The van der Waals surface area contributed by atoms with Crippen molar-refractivity contribution >= 4 is 14.3 Å². The second-order valence-electron chi connectivity index (χ2n) is 7.12. The van der Waals surface area contributed by atoms with Gasteiger partial charge in [0.1, 0.15) is 0 Å². The molecule has 118 valence electrons. The van der Waals surface area contributed by atoms with Gasteiger partial charge in [-0.25, -0.2) is 4.79 Å². The Kier molecular flexibility index (Phi) is 7.74. The highest BCUT2D eigenvalue weighted by molar-refractivity contribution is 6.74. The van der Waals surface area contributed by atoms with Crippen molar-refractivity contribution in [2.45, 2.75) is 59.2 Å². The van der Waals surface area contributed by atoms with Crippen LogP contribution < -0.4 is 0 Å². The Morgan fingerprint density at radius 3 is 2.25 bits per heavy atom. The average Bonchev–Trinajstić information content (AvgIpc) is 2.33. The first-order valence-corrected chi connectivity index (χ1v) is 10.3. The van der Waals surface area contributed by atoms with Crippen LogP contribution in [0.25, 0.3) is 0 Å². The normalized spacial score (nSPS) is 16.2. The predicted octanol–water partition coefficient (Wildman–Crippen LogP) is 4.40. The first-order chi connectivity index (χ1) is 9.01. The summed E-state index contributed by atoms with van der Waals surface area (Å²) in [4.78, 5) is 11.1. The summed E-state index contributed by atoms with van der Waals surface area (Å²) in [5.41, 5.74) is 0. The molecule has 0 rings (SSSR count). The van der Waals surface area contributed by atoms with E-state index in [1.165, 1.54) is 13.2 Å². The zero-order chi connectivity index (χ0) is 16.0. The maximum Gasteiger partial charge on any atom is 0.330 e. The molecule has 0 radical (unpaired) electrons. The lowest BCUT2D eigenvalue weighted by Crippen LogP contribution is -2.41. The minimum absolute atomic E-state index is 0.257. The standard InChI is InChI=1S/C16H32O3Si/c1-13(9-10-15(17)18-6)14(2)11-12-19-20(7,8)16(3,4)5/h9-10,13-14H,11-12H2,1-8H3/b10-9+/t13-,14-/m0/s1. The van der Waals surface area contributed by atoms with Gasteiger partial charge in [-0.1, -0.05) is 40.7 Å². The van der Waals surface area contributed by atoms with Crippen LogP contribution in [-0.2, 0) is 14.0 Å². The summed E-state index contributed by atoms with van der Waals surface area (Å²) >= 11 is 0. The molecule has 0 fully saturated rings. The molecule has 0 aliphatic rings. The Balaban J connectivity index is 4.20. The van der Waals surface area contributed by atoms with Gasteiger partial charge in [0.2, 0.25) is 0 Å². The maximum atomic E-state index is 11.1. The van der Waals surface area contributed by atoms with E-state index in [-0.39, 0.29) is 11.0 Å². The molecule has 0 unspecified atom stereocenters. The van der Waals surface area contributed by atoms with Gasteiger partial charge in [0.05, 0.1) is 7.11 Å². The van der Waals surface area contributed by atoms with Crippen molar-refractivity contribution in [1.82, 2.24) is 0 Å². The summed E-state index contributed by atoms with van der Waals surface area (Å²) < 4.78 is 10.8. The van der Waals surface area contributed by atoms with Gasteiger partial charge in [0, 0.05) is 12.7 Å². The van der Waals surface area contributed by atoms with Crippen molar-refractivity contribution in [2.24, 2.45) is 11.8 Å². The molecule has 0 aromatic heterocycles. The minimum atomic E-state index is -1.64. The fraction of sp³-hybridized carbons (Fsp3) is 0.812. The lowest BCUT2D eigenvalue weighted by molar-refractivity contribution is -0.134. The van der Waals surface area contributed by atoms with Crippen molar-refractivity contribution in [1.29, 1.82) is 0 Å². The number of methoxy groups -OCH3 is 1. The number of hydrogen-bond acceptors (Lipinski definition) is 3. The number of esters is 1. The van der Waals surface area contributed by atoms with Crippen molar-refractivity contribution in [3.05, 3.63) is 12.2 Å². The molecule has 0 aromatic carbocycles. The Bertz CT molecular complexity index is 329. The number of allylic oxidation sites excluding steroid dienone is 1. The van der Waals surface area contributed by atoms with Gasteiger partial charge in [-0.3, -0.25) is 0 Å². The van der Waals surface area contributed by atoms with E-state index >= 15 is 0 Å². The van der Waals surface area contributed by atoms with E-state index in [1.807, 2.05) is 6.08 Å². The van der Waals surface area contributed by atoms with E-state index in [9.17, 15) is 4.79 Å². The molecule has 0 aromatic rings. The van der Waals surface area contributed by atoms with Gasteiger partial charge in [-0.05, 0) is 36.4 Å². The van der Waals surface area contributed by atoms with E-state index in [1.54, 1.807) is 0 Å². The smallest absolute Gasteiger partial charge is 0.330 e. The SMILES string of the molecule is COC(=O)/C=C/[C@H](C)[C@@H](C)CCO[Si](C)(C)C(C)(C)C. The molecule has 0 bridgehead atoms. The molecular formula is C16H32O3Si. The number of ether oxygens (including phenoxy) is 1. The molecule has 3 nitrogen and oxygen atoms in total. The van der Waals surface area contributed by atoms with Crippen LogP contribution in [0.4, 0.5) is 0 Å². The highest BCUT2D eigenvalue weighted by Crippen LogP contribution is 2.36. The number of carbonyl (C=O) groups excluding carboxylic acids is 1. The average molecular weight is 301 g/mol. The third kappa shape index (κ3) is 6.71. The second kappa shape index (κ2) is 7.98. The Morgan fingerprint density at radius 2 is 1.80 bits per heavy atom. The summed E-state index contributed by atoms with van der Waals surface area (Å²) in [5.74, 6) is 0.541. The topological polar surface area (TPSA) is 35.5 Å². The van der Waals surface area contributed by atoms with Crippen LogP contribution in [0, 0.1) is 11.8 Å². The Labute approximate surface area is 125 Å². The quantitative estimate of drug-likeness (QED) is 0.397. The molecule has 2 atom stereocenters. The molecule has 0 saturated heterocycles. The summed E-state index contributed by atoms with van der Waals surface area (Å²) in [6.07, 6.45) is 4.44. The third-order valence-electron chi connectivity index (χ3n) is 4.48. The molecule has 20 heavy (non-hydrogen) atoms. The summed E-state index contributed by atoms with van der Waals surface area (Å²) in [6, 6.07) is 0. The molecule has 0 saturated carbocycles. The largest absolute Gasteiger partial charge is 0.466 e. The molecule has 0 spiro atoms. The zero-order valence-electron chi connectivity index (χ0n) is 14.4. The van der Waals surface area contributed by atoms with Gasteiger partial charge in [0.25, 0.3) is 0 Å². The second-order valence-corrected chi connectivity index (χ2v) is 11.9. The molecule has 0 N–H and O–H groups in total. The molecular weight excluding hydrogens is 268 g/mol. The number of hydrogen-bond donors (Lipinski definition) is 0. The monoisotopic (exact) mass is 300 g/mol. The summed E-state index contributed by atoms with van der Waals surface area (Å²) in [6.45, 7) is 16.4. The number of rotatable bonds is 7. The third-order valence-corrected chi connectivity index (χ3v) is 9.02. The fourth-order valence-electron chi connectivity index (χ4n) is 1.47. The van der Waals surface area contributed by atoms with Gasteiger partial charge in [-0.15, -0.1) is 0 Å². The summed E-state index contributed by atoms with van der Waals surface area (Å²) in [7, 11) is -0.244. The maximum absolute atomic E-state index is 11.1. The highest BCUT2D eigenvalue weighted by Gasteiger charge is 2.36. The van der Waals surface area contributed by atoms with E-state index in [0.29, 0.717) is 11.8 Å². The van der Waals surface area contributed by atoms with Gasteiger partial charge >= 0.3 is 5.97 Å². The Morgan fingerprint density at radius 1 is 1.25 bits per heavy atom. The first kappa shape index (κ1) is 19.4. The van der Waals surface area contributed by atoms with Crippen LogP contribution in [-0.4, -0.2) is 28.0 Å². The van der Waals surface area contributed by atoms with Gasteiger partial charge < -0.3 is 9.16 Å². The van der Waals surface area contributed by atoms with Gasteiger partial charge in [0.15, 0.2) is 8.32 Å². The van der Waals surface area contributed by atoms with E-state index in [0.717, 1.165) is 13.0 Å². The number of carbonyl (C=O) groups is 1. The van der Waals surface area contributed by atoms with Crippen molar-refractivity contribution in [3.63, 3.8) is 0 Å². The summed E-state index contributed by atoms with van der Waals surface area (Å²) in [5, 5.41) is 0.257. The molecule has 0 heterocycles. The van der Waals surface area contributed by atoms with E-state index in [2.05, 4.69) is 52.4 Å².